The summed E-state index contributed by atoms with van der Waals surface area (Å²) in [4.78, 5) is 8.97. The Bertz CT molecular complexity index is 1110. The van der Waals surface area contributed by atoms with E-state index in [1.54, 1.807) is 0 Å². The zero-order valence-corrected chi connectivity index (χ0v) is 20.1. The van der Waals surface area contributed by atoms with Crippen LogP contribution in [0.4, 0.5) is 20.3 Å². The molecule has 1 saturated carbocycles. The maximum atomic E-state index is 14.9. The summed E-state index contributed by atoms with van der Waals surface area (Å²) in [6.07, 6.45) is 7.09. The van der Waals surface area contributed by atoms with Crippen molar-refractivity contribution in [1.29, 1.82) is 0 Å². The topological polar surface area (TPSA) is 107 Å². The average Bonchev–Trinajstić information content (AvgIpc) is 2.82. The van der Waals surface area contributed by atoms with E-state index in [1.165, 1.54) is 18.6 Å². The van der Waals surface area contributed by atoms with E-state index >= 15 is 0 Å². The van der Waals surface area contributed by atoms with Gasteiger partial charge in [-0.1, -0.05) is 24.4 Å². The zero-order valence-electron chi connectivity index (χ0n) is 18.6. The fraction of sp³-hybridized carbons (Fsp3) is 0.545. The van der Waals surface area contributed by atoms with E-state index in [9.17, 15) is 22.3 Å². The van der Waals surface area contributed by atoms with Crippen LogP contribution in [0.25, 0.3) is 0 Å². The van der Waals surface area contributed by atoms with Crippen molar-refractivity contribution in [3.8, 4) is 0 Å². The number of sulfonamides is 1. The third kappa shape index (κ3) is 5.59. The van der Waals surface area contributed by atoms with Crippen LogP contribution in [0.5, 0.6) is 0 Å². The highest BCUT2D eigenvalue weighted by molar-refractivity contribution is 7.92. The first kappa shape index (κ1) is 25.0. The molecule has 1 saturated heterocycles. The molecular weight excluding hydrogens is 488 g/mol. The Morgan fingerprint density at radius 1 is 1.26 bits per heavy atom. The summed E-state index contributed by atoms with van der Waals surface area (Å²) in [6.45, 7) is 0.368. The molecule has 1 aliphatic carbocycles. The molecule has 2 aromatic rings. The van der Waals surface area contributed by atoms with Crippen molar-refractivity contribution in [2.24, 2.45) is 0 Å². The van der Waals surface area contributed by atoms with E-state index in [4.69, 9.17) is 11.6 Å². The van der Waals surface area contributed by atoms with Gasteiger partial charge in [0.15, 0.2) is 0 Å². The van der Waals surface area contributed by atoms with Crippen LogP contribution < -0.4 is 10.0 Å². The summed E-state index contributed by atoms with van der Waals surface area (Å²) < 4.78 is 57.3. The van der Waals surface area contributed by atoms with Crippen molar-refractivity contribution in [2.75, 3.05) is 29.7 Å². The van der Waals surface area contributed by atoms with Gasteiger partial charge in [-0.15, -0.1) is 0 Å². The Kier molecular flexibility index (Phi) is 7.56. The number of anilines is 2. The fourth-order valence-electron chi connectivity index (χ4n) is 4.84. The summed E-state index contributed by atoms with van der Waals surface area (Å²) in [5, 5.41) is 12.8. The molecule has 12 heteroatoms. The molecule has 3 N–H and O–H groups in total. The number of halogens is 3. The van der Waals surface area contributed by atoms with Gasteiger partial charge in [-0.2, -0.15) is 0 Å². The number of piperidine rings is 1. The summed E-state index contributed by atoms with van der Waals surface area (Å²) in [7, 11) is -4.26. The van der Waals surface area contributed by atoms with Crippen LogP contribution in [-0.4, -0.2) is 65.8 Å². The number of hydrogen-bond donors (Lipinski definition) is 3. The lowest BCUT2D eigenvalue weighted by molar-refractivity contribution is -0.0236. The lowest BCUT2D eigenvalue weighted by Crippen LogP contribution is -2.56. The van der Waals surface area contributed by atoms with Gasteiger partial charge in [0, 0.05) is 24.8 Å². The Morgan fingerprint density at radius 3 is 2.79 bits per heavy atom. The van der Waals surface area contributed by atoms with E-state index < -0.39 is 33.0 Å². The van der Waals surface area contributed by atoms with E-state index in [1.807, 2.05) is 0 Å². The highest BCUT2D eigenvalue weighted by Gasteiger charge is 2.40. The number of aliphatic hydroxyl groups excluding tert-OH is 1. The molecule has 2 fully saturated rings. The second-order valence-corrected chi connectivity index (χ2v) is 11.0. The van der Waals surface area contributed by atoms with Gasteiger partial charge in [0.1, 0.15) is 28.5 Å². The second-order valence-electron chi connectivity index (χ2n) is 8.95. The molecule has 0 spiro atoms. The zero-order chi connectivity index (χ0) is 24.3. The molecule has 0 unspecified atom stereocenters. The average molecular weight is 516 g/mol. The van der Waals surface area contributed by atoms with Crippen molar-refractivity contribution >= 4 is 33.1 Å². The van der Waals surface area contributed by atoms with Crippen molar-refractivity contribution in [3.05, 3.63) is 41.6 Å². The molecule has 1 aromatic heterocycles. The van der Waals surface area contributed by atoms with Crippen LogP contribution in [0.1, 0.15) is 38.5 Å². The quantitative estimate of drug-likeness (QED) is 0.517. The van der Waals surface area contributed by atoms with Crippen molar-refractivity contribution in [2.45, 2.75) is 61.2 Å². The van der Waals surface area contributed by atoms with Crippen LogP contribution in [-0.2, 0) is 10.0 Å². The van der Waals surface area contributed by atoms with E-state index in [0.29, 0.717) is 12.8 Å². The van der Waals surface area contributed by atoms with Gasteiger partial charge in [0.2, 0.25) is 0 Å². The van der Waals surface area contributed by atoms with Crippen molar-refractivity contribution in [1.82, 2.24) is 14.9 Å². The minimum Gasteiger partial charge on any atom is -0.393 e. The molecule has 4 rings (SSSR count). The molecule has 1 aromatic carbocycles. The van der Waals surface area contributed by atoms with Crippen LogP contribution in [0.2, 0.25) is 5.02 Å². The van der Waals surface area contributed by atoms with E-state index in [2.05, 4.69) is 24.9 Å². The van der Waals surface area contributed by atoms with Crippen LogP contribution in [0, 0.1) is 5.82 Å². The minimum absolute atomic E-state index is 0.00214. The predicted octanol–water partition coefficient (Wildman–Crippen LogP) is 3.59. The maximum Gasteiger partial charge on any atom is 0.266 e. The Labute approximate surface area is 202 Å². The van der Waals surface area contributed by atoms with Gasteiger partial charge in [0.05, 0.1) is 17.3 Å². The largest absolute Gasteiger partial charge is 0.393 e. The summed E-state index contributed by atoms with van der Waals surface area (Å²) in [5.74, 6) is -0.951. The molecule has 186 valence electrons. The first-order chi connectivity index (χ1) is 16.2. The first-order valence-electron chi connectivity index (χ1n) is 11.3. The van der Waals surface area contributed by atoms with Gasteiger partial charge in [-0.3, -0.25) is 9.62 Å². The lowest BCUT2D eigenvalue weighted by Gasteiger charge is -2.45. The summed E-state index contributed by atoms with van der Waals surface area (Å²) >= 11 is 6.38. The van der Waals surface area contributed by atoms with E-state index in [-0.39, 0.29) is 35.2 Å². The highest BCUT2D eigenvalue weighted by atomic mass is 35.5. The molecule has 2 aliphatic rings. The number of nitrogens with one attached hydrogen (secondary N) is 2. The Morgan fingerprint density at radius 2 is 2.06 bits per heavy atom. The number of hydrogen-bond acceptors (Lipinski definition) is 7. The minimum atomic E-state index is -4.26. The SMILES string of the molecule is O=S(=O)(Nc1ccncn1)c1cc(Cl)c(N[C@H]2CCCC[C@@H]2N2CCC[C@@](F)(CO)C2)cc1F. The van der Waals surface area contributed by atoms with Crippen LogP contribution in [0.3, 0.4) is 0 Å². The highest BCUT2D eigenvalue weighted by Crippen LogP contribution is 2.35. The third-order valence-electron chi connectivity index (χ3n) is 6.51. The molecule has 0 amide bonds. The van der Waals surface area contributed by atoms with Crippen LogP contribution >= 0.6 is 11.6 Å². The van der Waals surface area contributed by atoms with Gasteiger partial charge in [-0.25, -0.2) is 27.2 Å². The molecule has 0 radical (unpaired) electrons. The molecule has 8 nitrogen and oxygen atoms in total. The number of nitrogens with zero attached hydrogens (tertiary/aromatic N) is 3. The number of aromatic nitrogens is 2. The summed E-state index contributed by atoms with van der Waals surface area (Å²) in [6, 6.07) is 3.37. The predicted molar refractivity (Wildman–Crippen MR) is 126 cm³/mol. The fourth-order valence-corrected chi connectivity index (χ4v) is 6.22. The molecule has 1 aliphatic heterocycles. The standard InChI is InChI=1S/C22H28ClF2N5O3S/c23-15-10-20(34(32,33)29-21-6-8-26-14-27-21)16(24)11-18(15)28-17-4-1-2-5-19(17)30-9-3-7-22(25,12-30)13-31/h6,8,10-11,14,17,19,28,31H,1-5,7,9,12-13H2,(H,26,27,29)/t17-,19-,22-/m0/s1. The Balaban J connectivity index is 1.53. The number of likely N-dealkylation sites (tertiary alicyclic amines) is 1. The van der Waals surface area contributed by atoms with Gasteiger partial charge < -0.3 is 10.4 Å². The van der Waals surface area contributed by atoms with Crippen LogP contribution in [0.15, 0.2) is 35.6 Å². The number of benzene rings is 1. The van der Waals surface area contributed by atoms with E-state index in [0.717, 1.165) is 44.4 Å². The van der Waals surface area contributed by atoms with Gasteiger partial charge in [0.25, 0.3) is 10.0 Å². The lowest BCUT2D eigenvalue weighted by atomic mass is 9.86. The Hall–Kier alpha value is -2.08. The molecule has 3 atom stereocenters. The second kappa shape index (κ2) is 10.3. The smallest absolute Gasteiger partial charge is 0.266 e. The number of aliphatic hydroxyl groups is 1. The first-order valence-corrected chi connectivity index (χ1v) is 13.2. The molecule has 0 bridgehead atoms. The van der Waals surface area contributed by atoms with Crippen molar-refractivity contribution in [3.63, 3.8) is 0 Å². The van der Waals surface area contributed by atoms with Gasteiger partial charge >= 0.3 is 0 Å². The van der Waals surface area contributed by atoms with Gasteiger partial charge in [-0.05, 0) is 50.4 Å². The molecule has 34 heavy (non-hydrogen) atoms. The number of alkyl halides is 1. The maximum absolute atomic E-state index is 14.9. The molecular formula is C22H28ClF2N5O3S. The monoisotopic (exact) mass is 515 g/mol. The molecule has 2 heterocycles. The van der Waals surface area contributed by atoms with Crippen molar-refractivity contribution < 1.29 is 22.3 Å². The number of rotatable bonds is 7. The summed E-state index contributed by atoms with van der Waals surface area (Å²) in [5.41, 5.74) is -1.33. The normalized spacial score (nSPS) is 26.2. The third-order valence-corrected chi connectivity index (χ3v) is 8.19.